The van der Waals surface area contributed by atoms with E-state index < -0.39 is 6.10 Å². The van der Waals surface area contributed by atoms with E-state index in [1.54, 1.807) is 61.4 Å². The number of carbonyl (C=O) groups excluding carboxylic acids is 2. The number of anilines is 2. The smallest absolute Gasteiger partial charge is 0.268 e. The second-order valence-electron chi connectivity index (χ2n) is 7.54. The molecule has 0 aliphatic carbocycles. The van der Waals surface area contributed by atoms with Crippen LogP contribution in [0.15, 0.2) is 66.7 Å². The van der Waals surface area contributed by atoms with E-state index in [9.17, 15) is 9.59 Å². The topological polar surface area (TPSA) is 67.9 Å². The number of aryl methyl sites for hydroxylation is 1. The monoisotopic (exact) mass is 416 g/mol. The average Bonchev–Trinajstić information content (AvgIpc) is 2.78. The third-order valence-corrected chi connectivity index (χ3v) is 5.24. The lowest BCUT2D eigenvalue weighted by atomic mass is 10.1. The molecular weight excluding hydrogens is 392 g/mol. The molecule has 6 nitrogen and oxygen atoms in total. The quantitative estimate of drug-likeness (QED) is 0.662. The highest BCUT2D eigenvalue weighted by molar-refractivity contribution is 6.05. The van der Waals surface area contributed by atoms with E-state index in [2.05, 4.69) is 5.32 Å². The van der Waals surface area contributed by atoms with Crippen LogP contribution in [-0.4, -0.2) is 25.0 Å². The van der Waals surface area contributed by atoms with Gasteiger partial charge in [0.15, 0.2) is 6.10 Å². The number of methoxy groups -OCH3 is 1. The van der Waals surface area contributed by atoms with Gasteiger partial charge in [-0.1, -0.05) is 29.8 Å². The Labute approximate surface area is 181 Å². The molecule has 158 valence electrons. The lowest BCUT2D eigenvalue weighted by Gasteiger charge is -2.33. The molecule has 0 radical (unpaired) electrons. The van der Waals surface area contributed by atoms with Crippen LogP contribution in [0, 0.1) is 6.92 Å². The van der Waals surface area contributed by atoms with Crippen LogP contribution >= 0.6 is 0 Å². The highest BCUT2D eigenvalue weighted by Gasteiger charge is 2.31. The summed E-state index contributed by atoms with van der Waals surface area (Å²) in [6, 6.07) is 20.3. The minimum absolute atomic E-state index is 0.119. The summed E-state index contributed by atoms with van der Waals surface area (Å²) in [5.74, 6) is 0.930. The molecule has 1 heterocycles. The number of amides is 2. The van der Waals surface area contributed by atoms with Crippen molar-refractivity contribution in [2.24, 2.45) is 0 Å². The van der Waals surface area contributed by atoms with Crippen LogP contribution in [0.5, 0.6) is 11.5 Å². The number of fused-ring (bicyclic) bond motifs is 1. The standard InChI is InChI=1S/C25H24N2O4/c1-16-4-6-18(7-5-16)15-27-22-14-20(10-13-23(22)31-17(2)25(27)29)26-24(28)19-8-11-21(30-3)12-9-19/h4-14,17H,15H2,1-3H3,(H,26,28). The molecule has 1 atom stereocenters. The summed E-state index contributed by atoms with van der Waals surface area (Å²) in [5, 5.41) is 2.89. The molecule has 1 unspecified atom stereocenters. The van der Waals surface area contributed by atoms with Gasteiger partial charge in [0.05, 0.1) is 19.3 Å². The Kier molecular flexibility index (Phi) is 5.62. The molecule has 1 N–H and O–H groups in total. The summed E-state index contributed by atoms with van der Waals surface area (Å²) < 4.78 is 10.9. The lowest BCUT2D eigenvalue weighted by Crippen LogP contribution is -2.44. The minimum Gasteiger partial charge on any atom is -0.497 e. The molecule has 4 rings (SSSR count). The van der Waals surface area contributed by atoms with Crippen LogP contribution in [0.1, 0.15) is 28.4 Å². The van der Waals surface area contributed by atoms with E-state index in [0.29, 0.717) is 35.0 Å². The Morgan fingerprint density at radius 2 is 1.77 bits per heavy atom. The first-order valence-corrected chi connectivity index (χ1v) is 10.1. The molecule has 1 aliphatic rings. The van der Waals surface area contributed by atoms with E-state index in [1.165, 1.54) is 0 Å². The first-order chi connectivity index (χ1) is 14.9. The molecule has 1 aliphatic heterocycles. The fraction of sp³-hybridized carbons (Fsp3) is 0.200. The van der Waals surface area contributed by atoms with Crippen molar-refractivity contribution >= 4 is 23.2 Å². The summed E-state index contributed by atoms with van der Waals surface area (Å²) in [6.45, 7) is 4.20. The van der Waals surface area contributed by atoms with E-state index >= 15 is 0 Å². The van der Waals surface area contributed by atoms with E-state index in [-0.39, 0.29) is 11.8 Å². The largest absolute Gasteiger partial charge is 0.497 e. The van der Waals surface area contributed by atoms with Gasteiger partial charge in [-0.2, -0.15) is 0 Å². The normalized spacial score (nSPS) is 15.1. The van der Waals surface area contributed by atoms with Crippen molar-refractivity contribution in [3.8, 4) is 11.5 Å². The summed E-state index contributed by atoms with van der Waals surface area (Å²) in [7, 11) is 1.58. The van der Waals surface area contributed by atoms with Gasteiger partial charge in [-0.05, 0) is 61.9 Å². The molecule has 6 heteroatoms. The summed E-state index contributed by atoms with van der Waals surface area (Å²) >= 11 is 0. The van der Waals surface area contributed by atoms with E-state index in [4.69, 9.17) is 9.47 Å². The Balaban J connectivity index is 1.60. The number of rotatable bonds is 5. The molecule has 2 amide bonds. The van der Waals surface area contributed by atoms with Gasteiger partial charge in [-0.3, -0.25) is 9.59 Å². The van der Waals surface area contributed by atoms with Crippen molar-refractivity contribution in [1.29, 1.82) is 0 Å². The molecule has 3 aromatic carbocycles. The molecular formula is C25H24N2O4. The summed E-state index contributed by atoms with van der Waals surface area (Å²) in [5.41, 5.74) is 3.91. The maximum atomic E-state index is 12.9. The molecule has 0 spiro atoms. The zero-order valence-electron chi connectivity index (χ0n) is 17.7. The highest BCUT2D eigenvalue weighted by Crippen LogP contribution is 2.37. The van der Waals surface area contributed by atoms with Gasteiger partial charge in [-0.25, -0.2) is 0 Å². The molecule has 31 heavy (non-hydrogen) atoms. The number of benzene rings is 3. The van der Waals surface area contributed by atoms with Gasteiger partial charge in [0.25, 0.3) is 11.8 Å². The SMILES string of the molecule is COc1ccc(C(=O)Nc2ccc3c(c2)N(Cc2ccc(C)cc2)C(=O)C(C)O3)cc1. The highest BCUT2D eigenvalue weighted by atomic mass is 16.5. The molecule has 0 fully saturated rings. The van der Waals surface area contributed by atoms with Crippen LogP contribution in [0.4, 0.5) is 11.4 Å². The third kappa shape index (κ3) is 4.38. The fourth-order valence-corrected chi connectivity index (χ4v) is 3.47. The second kappa shape index (κ2) is 8.52. The fourth-order valence-electron chi connectivity index (χ4n) is 3.47. The van der Waals surface area contributed by atoms with Crippen molar-refractivity contribution in [3.63, 3.8) is 0 Å². The van der Waals surface area contributed by atoms with Crippen molar-refractivity contribution in [1.82, 2.24) is 0 Å². The lowest BCUT2D eigenvalue weighted by molar-refractivity contribution is -0.125. The molecule has 3 aromatic rings. The predicted molar refractivity (Wildman–Crippen MR) is 120 cm³/mol. The maximum Gasteiger partial charge on any atom is 0.268 e. The zero-order chi connectivity index (χ0) is 22.0. The molecule has 0 saturated carbocycles. The van der Waals surface area contributed by atoms with Crippen molar-refractivity contribution in [2.45, 2.75) is 26.5 Å². The van der Waals surface area contributed by atoms with Crippen LogP contribution in [0.3, 0.4) is 0 Å². The summed E-state index contributed by atoms with van der Waals surface area (Å²) in [6.07, 6.45) is -0.572. The maximum absolute atomic E-state index is 12.9. The Bertz CT molecular complexity index is 1110. The molecule has 0 aromatic heterocycles. The van der Waals surface area contributed by atoms with Gasteiger partial charge >= 0.3 is 0 Å². The van der Waals surface area contributed by atoms with Gasteiger partial charge in [0.1, 0.15) is 11.5 Å². The van der Waals surface area contributed by atoms with E-state index in [0.717, 1.165) is 11.1 Å². The van der Waals surface area contributed by atoms with E-state index in [1.807, 2.05) is 31.2 Å². The zero-order valence-corrected chi connectivity index (χ0v) is 17.7. The predicted octanol–water partition coefficient (Wildman–Crippen LogP) is 4.57. The van der Waals surface area contributed by atoms with Gasteiger partial charge < -0.3 is 19.7 Å². The first-order valence-electron chi connectivity index (χ1n) is 10.1. The number of hydrogen-bond acceptors (Lipinski definition) is 4. The van der Waals surface area contributed by atoms with Gasteiger partial charge in [0.2, 0.25) is 0 Å². The van der Waals surface area contributed by atoms with Crippen molar-refractivity contribution < 1.29 is 19.1 Å². The Morgan fingerprint density at radius 3 is 2.45 bits per heavy atom. The van der Waals surface area contributed by atoms with Crippen LogP contribution in [0.2, 0.25) is 0 Å². The first kappa shape index (κ1) is 20.5. The van der Waals surface area contributed by atoms with Crippen LogP contribution in [0.25, 0.3) is 0 Å². The average molecular weight is 416 g/mol. The van der Waals surface area contributed by atoms with Gasteiger partial charge in [-0.15, -0.1) is 0 Å². The number of ether oxygens (including phenoxy) is 2. The minimum atomic E-state index is -0.572. The van der Waals surface area contributed by atoms with Crippen molar-refractivity contribution in [3.05, 3.63) is 83.4 Å². The number of carbonyl (C=O) groups is 2. The molecule has 0 saturated heterocycles. The number of nitrogens with zero attached hydrogens (tertiary/aromatic N) is 1. The third-order valence-electron chi connectivity index (χ3n) is 5.24. The Hall–Kier alpha value is -3.80. The van der Waals surface area contributed by atoms with Gasteiger partial charge in [0, 0.05) is 11.3 Å². The summed E-state index contributed by atoms with van der Waals surface area (Å²) in [4.78, 5) is 27.2. The Morgan fingerprint density at radius 1 is 1.06 bits per heavy atom. The molecule has 0 bridgehead atoms. The van der Waals surface area contributed by atoms with Crippen LogP contribution in [-0.2, 0) is 11.3 Å². The van der Waals surface area contributed by atoms with Crippen LogP contribution < -0.4 is 19.7 Å². The number of nitrogens with one attached hydrogen (secondary N) is 1. The second-order valence-corrected chi connectivity index (χ2v) is 7.54. The number of hydrogen-bond donors (Lipinski definition) is 1. The van der Waals surface area contributed by atoms with Crippen molar-refractivity contribution in [2.75, 3.05) is 17.3 Å².